The van der Waals surface area contributed by atoms with Crippen LogP contribution in [-0.4, -0.2) is 36.7 Å². The number of hydrogen-bond donors (Lipinski definition) is 2. The lowest BCUT2D eigenvalue weighted by molar-refractivity contribution is -0.120. The number of aromatic carboxylic acids is 1. The number of rotatable bonds is 8. The number of hydrogen-bond acceptors (Lipinski definition) is 3. The molecule has 0 heterocycles. The second kappa shape index (κ2) is 7.05. The Kier molecular flexibility index (Phi) is 5.12. The van der Waals surface area contributed by atoms with Gasteiger partial charge in [0, 0.05) is 13.2 Å². The van der Waals surface area contributed by atoms with Crippen molar-refractivity contribution >= 4 is 11.9 Å². The number of carbonyl (C=O) groups is 2. The molecule has 1 saturated carbocycles. The van der Waals surface area contributed by atoms with E-state index in [1.807, 2.05) is 0 Å². The summed E-state index contributed by atoms with van der Waals surface area (Å²) in [5.41, 5.74) is 0.893. The first-order chi connectivity index (χ1) is 9.65. The van der Waals surface area contributed by atoms with Gasteiger partial charge in [-0.05, 0) is 36.5 Å². The van der Waals surface area contributed by atoms with Gasteiger partial charge in [0.25, 0.3) is 0 Å². The number of benzene rings is 1. The minimum atomic E-state index is -0.985. The van der Waals surface area contributed by atoms with Crippen LogP contribution in [0.15, 0.2) is 24.3 Å². The van der Waals surface area contributed by atoms with Crippen LogP contribution in [0.2, 0.25) is 0 Å². The summed E-state index contributed by atoms with van der Waals surface area (Å²) in [5, 5.41) is 11.6. The van der Waals surface area contributed by atoms with Gasteiger partial charge in [-0.25, -0.2) is 4.79 Å². The van der Waals surface area contributed by atoms with Gasteiger partial charge in [-0.2, -0.15) is 0 Å². The Hall–Kier alpha value is -1.88. The fourth-order valence-corrected chi connectivity index (χ4v) is 1.86. The lowest BCUT2D eigenvalue weighted by atomic mass is 10.1. The number of carboxylic acid groups (broad SMARTS) is 1. The maximum Gasteiger partial charge on any atom is 0.335 e. The van der Waals surface area contributed by atoms with Crippen LogP contribution in [0.3, 0.4) is 0 Å². The molecule has 0 atom stereocenters. The summed E-state index contributed by atoms with van der Waals surface area (Å²) < 4.78 is 5.42. The van der Waals surface area contributed by atoms with Crippen LogP contribution < -0.4 is 5.32 Å². The van der Waals surface area contributed by atoms with E-state index in [9.17, 15) is 9.59 Å². The lowest BCUT2D eigenvalue weighted by Crippen LogP contribution is -2.28. The minimum Gasteiger partial charge on any atom is -0.478 e. The highest BCUT2D eigenvalue weighted by Crippen LogP contribution is 2.28. The minimum absolute atomic E-state index is 0.123. The van der Waals surface area contributed by atoms with Crippen LogP contribution in [-0.2, 0) is 16.0 Å². The van der Waals surface area contributed by atoms with Crippen molar-refractivity contribution in [1.29, 1.82) is 0 Å². The monoisotopic (exact) mass is 277 g/mol. The molecule has 0 saturated heterocycles. The van der Waals surface area contributed by atoms with E-state index in [0.29, 0.717) is 18.7 Å². The van der Waals surface area contributed by atoms with Crippen LogP contribution in [0.1, 0.15) is 28.8 Å². The average molecular weight is 277 g/mol. The number of nitrogens with one attached hydrogen (secondary N) is 1. The molecule has 0 bridgehead atoms. The molecule has 2 rings (SSSR count). The molecule has 1 aromatic rings. The molecule has 5 heteroatoms. The summed E-state index contributed by atoms with van der Waals surface area (Å²) in [6.45, 7) is 1.80. The van der Waals surface area contributed by atoms with Crippen molar-refractivity contribution in [2.24, 2.45) is 5.92 Å². The maximum absolute atomic E-state index is 11.7. The van der Waals surface area contributed by atoms with E-state index >= 15 is 0 Å². The normalized spacial score (nSPS) is 14.0. The van der Waals surface area contributed by atoms with Crippen LogP contribution in [0, 0.1) is 5.92 Å². The Morgan fingerprint density at radius 3 is 2.85 bits per heavy atom. The molecule has 108 valence electrons. The van der Waals surface area contributed by atoms with Gasteiger partial charge < -0.3 is 15.2 Å². The number of amides is 1. The Morgan fingerprint density at radius 2 is 2.15 bits per heavy atom. The van der Waals surface area contributed by atoms with Gasteiger partial charge in [0.15, 0.2) is 0 Å². The molecule has 0 unspecified atom stereocenters. The Balaban J connectivity index is 1.67. The van der Waals surface area contributed by atoms with Crippen molar-refractivity contribution in [3.63, 3.8) is 0 Å². The Bertz CT molecular complexity index is 483. The van der Waals surface area contributed by atoms with Crippen molar-refractivity contribution in [3.8, 4) is 0 Å². The van der Waals surface area contributed by atoms with Crippen molar-refractivity contribution in [3.05, 3.63) is 35.4 Å². The summed E-state index contributed by atoms with van der Waals surface area (Å²) in [7, 11) is 0. The van der Waals surface area contributed by atoms with E-state index in [2.05, 4.69) is 5.32 Å². The molecule has 1 fully saturated rings. The predicted octanol–water partition coefficient (Wildman–Crippen LogP) is 1.47. The average Bonchev–Trinajstić information content (AvgIpc) is 3.22. The topological polar surface area (TPSA) is 75.6 Å². The van der Waals surface area contributed by atoms with E-state index in [0.717, 1.165) is 12.5 Å². The van der Waals surface area contributed by atoms with Gasteiger partial charge in [0.1, 0.15) is 0 Å². The van der Waals surface area contributed by atoms with Crippen molar-refractivity contribution in [1.82, 2.24) is 5.32 Å². The fraction of sp³-hybridized carbons (Fsp3) is 0.467. The first-order valence-electron chi connectivity index (χ1n) is 6.82. The molecule has 1 aliphatic rings. The first kappa shape index (κ1) is 14.5. The SMILES string of the molecule is O=C(Cc1cccc(C(=O)O)c1)NCCOCC1CC1. The first-order valence-corrected chi connectivity index (χ1v) is 6.82. The molecule has 1 aliphatic carbocycles. The van der Waals surface area contributed by atoms with E-state index in [-0.39, 0.29) is 17.9 Å². The molecule has 20 heavy (non-hydrogen) atoms. The van der Waals surface area contributed by atoms with Gasteiger partial charge in [-0.15, -0.1) is 0 Å². The third-order valence-corrected chi connectivity index (χ3v) is 3.16. The van der Waals surface area contributed by atoms with Gasteiger partial charge in [0.2, 0.25) is 5.91 Å². The largest absolute Gasteiger partial charge is 0.478 e. The molecule has 0 spiro atoms. The second-order valence-corrected chi connectivity index (χ2v) is 5.05. The van der Waals surface area contributed by atoms with Crippen LogP contribution >= 0.6 is 0 Å². The number of ether oxygens (including phenoxy) is 1. The Morgan fingerprint density at radius 1 is 1.35 bits per heavy atom. The van der Waals surface area contributed by atoms with E-state index in [1.54, 1.807) is 12.1 Å². The number of carboxylic acids is 1. The molecular weight excluding hydrogens is 258 g/mol. The van der Waals surface area contributed by atoms with Gasteiger partial charge >= 0.3 is 5.97 Å². The zero-order valence-electron chi connectivity index (χ0n) is 11.3. The highest BCUT2D eigenvalue weighted by Gasteiger charge is 2.20. The fourth-order valence-electron chi connectivity index (χ4n) is 1.86. The summed E-state index contributed by atoms with van der Waals surface area (Å²) in [5.74, 6) is -0.382. The summed E-state index contributed by atoms with van der Waals surface area (Å²) in [6, 6.07) is 6.42. The van der Waals surface area contributed by atoms with Gasteiger partial charge in [-0.1, -0.05) is 12.1 Å². The molecule has 0 radical (unpaired) electrons. The lowest BCUT2D eigenvalue weighted by Gasteiger charge is -2.06. The smallest absolute Gasteiger partial charge is 0.335 e. The second-order valence-electron chi connectivity index (χ2n) is 5.05. The van der Waals surface area contributed by atoms with E-state index in [4.69, 9.17) is 9.84 Å². The molecular formula is C15H19NO4. The maximum atomic E-state index is 11.7. The zero-order valence-corrected chi connectivity index (χ0v) is 11.3. The molecule has 0 aliphatic heterocycles. The molecule has 1 aromatic carbocycles. The highest BCUT2D eigenvalue weighted by molar-refractivity contribution is 5.88. The molecule has 2 N–H and O–H groups in total. The van der Waals surface area contributed by atoms with Crippen molar-refractivity contribution < 1.29 is 19.4 Å². The standard InChI is InChI=1S/C15H19NO4/c17-14(16-6-7-20-10-11-4-5-11)9-12-2-1-3-13(8-12)15(18)19/h1-3,8,11H,4-7,9-10H2,(H,16,17)(H,18,19). The quantitative estimate of drug-likeness (QED) is 0.706. The molecule has 1 amide bonds. The van der Waals surface area contributed by atoms with E-state index in [1.165, 1.54) is 25.0 Å². The summed E-state index contributed by atoms with van der Waals surface area (Å²) in [4.78, 5) is 22.5. The summed E-state index contributed by atoms with van der Waals surface area (Å²) >= 11 is 0. The van der Waals surface area contributed by atoms with Crippen molar-refractivity contribution in [2.45, 2.75) is 19.3 Å². The van der Waals surface area contributed by atoms with Crippen LogP contribution in [0.25, 0.3) is 0 Å². The van der Waals surface area contributed by atoms with Gasteiger partial charge in [0.05, 0.1) is 18.6 Å². The van der Waals surface area contributed by atoms with Crippen molar-refractivity contribution in [2.75, 3.05) is 19.8 Å². The van der Waals surface area contributed by atoms with Gasteiger partial charge in [-0.3, -0.25) is 4.79 Å². The number of carbonyl (C=O) groups excluding carboxylic acids is 1. The zero-order chi connectivity index (χ0) is 14.4. The van der Waals surface area contributed by atoms with Crippen LogP contribution in [0.4, 0.5) is 0 Å². The van der Waals surface area contributed by atoms with Crippen LogP contribution in [0.5, 0.6) is 0 Å². The van der Waals surface area contributed by atoms with E-state index < -0.39 is 5.97 Å². The predicted molar refractivity (Wildman–Crippen MR) is 73.7 cm³/mol. The molecule has 5 nitrogen and oxygen atoms in total. The highest BCUT2D eigenvalue weighted by atomic mass is 16.5. The summed E-state index contributed by atoms with van der Waals surface area (Å²) in [6.07, 6.45) is 2.70. The third-order valence-electron chi connectivity index (χ3n) is 3.16. The Labute approximate surface area is 117 Å². The third kappa shape index (κ3) is 5.01. The molecule has 0 aromatic heterocycles.